The Morgan fingerprint density at radius 2 is 1.67 bits per heavy atom. The number of aromatic carboxylic acids is 1. The minimum atomic E-state index is -1.02. The van der Waals surface area contributed by atoms with Crippen LogP contribution in [0.5, 0.6) is 0 Å². The van der Waals surface area contributed by atoms with Crippen LogP contribution in [0, 0.1) is 27.7 Å². The summed E-state index contributed by atoms with van der Waals surface area (Å²) in [6.45, 7) is 7.03. The number of anilines is 1. The Morgan fingerprint density at radius 3 is 2.19 bits per heavy atom. The van der Waals surface area contributed by atoms with Gasteiger partial charge in [-0.2, -0.15) is 0 Å². The molecule has 0 aliphatic carbocycles. The molecule has 0 radical (unpaired) electrons. The van der Waals surface area contributed by atoms with Crippen molar-refractivity contribution in [1.29, 1.82) is 0 Å². The van der Waals surface area contributed by atoms with E-state index in [-0.39, 0.29) is 11.5 Å². The standard InChI is InChI=1S/C16H17NO4/c1-8-5-9(2)14(7-12(8)16(19)20)17-15(18)13-6-10(3)21-11(13)4/h5-7H,1-4H3,(H,17,18)(H,19,20). The normalized spacial score (nSPS) is 10.5. The van der Waals surface area contributed by atoms with Crippen molar-refractivity contribution in [2.75, 3.05) is 5.32 Å². The van der Waals surface area contributed by atoms with Gasteiger partial charge in [0.05, 0.1) is 11.1 Å². The number of hydrogen-bond donors (Lipinski definition) is 2. The van der Waals surface area contributed by atoms with Gasteiger partial charge in [0.15, 0.2) is 0 Å². The van der Waals surface area contributed by atoms with Gasteiger partial charge in [0.2, 0.25) is 0 Å². The summed E-state index contributed by atoms with van der Waals surface area (Å²) in [5.41, 5.74) is 2.58. The third-order valence-electron chi connectivity index (χ3n) is 3.34. The third-order valence-corrected chi connectivity index (χ3v) is 3.34. The van der Waals surface area contributed by atoms with Gasteiger partial charge in [0.25, 0.3) is 5.91 Å². The molecule has 5 heteroatoms. The van der Waals surface area contributed by atoms with E-state index >= 15 is 0 Å². The molecule has 2 rings (SSSR count). The van der Waals surface area contributed by atoms with E-state index in [1.54, 1.807) is 32.9 Å². The van der Waals surface area contributed by atoms with E-state index < -0.39 is 5.97 Å². The molecule has 0 atom stereocenters. The van der Waals surface area contributed by atoms with Crippen molar-refractivity contribution in [3.05, 3.63) is 52.0 Å². The summed E-state index contributed by atoms with van der Waals surface area (Å²) in [6.07, 6.45) is 0. The molecule has 2 N–H and O–H groups in total. The highest BCUT2D eigenvalue weighted by atomic mass is 16.4. The molecule has 1 amide bonds. The molecule has 0 fully saturated rings. The van der Waals surface area contributed by atoms with Gasteiger partial charge in [-0.1, -0.05) is 6.07 Å². The van der Waals surface area contributed by atoms with Crippen molar-refractivity contribution >= 4 is 17.6 Å². The fourth-order valence-electron chi connectivity index (χ4n) is 2.26. The number of nitrogens with one attached hydrogen (secondary N) is 1. The maximum Gasteiger partial charge on any atom is 0.336 e. The highest BCUT2D eigenvalue weighted by molar-refractivity contribution is 6.06. The maximum absolute atomic E-state index is 12.2. The number of carboxylic acid groups (broad SMARTS) is 1. The van der Waals surface area contributed by atoms with E-state index in [0.717, 1.165) is 5.56 Å². The summed E-state index contributed by atoms with van der Waals surface area (Å²) in [5.74, 6) is -0.135. The Labute approximate surface area is 122 Å². The van der Waals surface area contributed by atoms with Crippen LogP contribution in [0.2, 0.25) is 0 Å². The van der Waals surface area contributed by atoms with Crippen LogP contribution in [0.1, 0.15) is 43.4 Å². The van der Waals surface area contributed by atoms with Crippen molar-refractivity contribution in [1.82, 2.24) is 0 Å². The first-order valence-corrected chi connectivity index (χ1v) is 6.52. The van der Waals surface area contributed by atoms with Gasteiger partial charge < -0.3 is 14.8 Å². The highest BCUT2D eigenvalue weighted by Gasteiger charge is 2.16. The predicted molar refractivity (Wildman–Crippen MR) is 79.0 cm³/mol. The number of aryl methyl sites for hydroxylation is 4. The fourth-order valence-corrected chi connectivity index (χ4v) is 2.26. The van der Waals surface area contributed by atoms with Crippen molar-refractivity contribution in [2.24, 2.45) is 0 Å². The van der Waals surface area contributed by atoms with Crippen LogP contribution >= 0.6 is 0 Å². The molecule has 0 bridgehead atoms. The van der Waals surface area contributed by atoms with Crippen molar-refractivity contribution in [3.8, 4) is 0 Å². The van der Waals surface area contributed by atoms with E-state index in [1.807, 2.05) is 6.92 Å². The molecule has 21 heavy (non-hydrogen) atoms. The number of furan rings is 1. The van der Waals surface area contributed by atoms with Gasteiger partial charge in [-0.15, -0.1) is 0 Å². The van der Waals surface area contributed by atoms with E-state index in [0.29, 0.717) is 28.3 Å². The van der Waals surface area contributed by atoms with Crippen LogP contribution < -0.4 is 5.32 Å². The second-order valence-corrected chi connectivity index (χ2v) is 5.07. The Bertz CT molecular complexity index is 728. The molecule has 0 aliphatic heterocycles. The number of carboxylic acids is 1. The lowest BCUT2D eigenvalue weighted by Crippen LogP contribution is -2.14. The molecule has 2 aromatic rings. The zero-order chi connectivity index (χ0) is 15.7. The number of hydrogen-bond acceptors (Lipinski definition) is 3. The number of carbonyl (C=O) groups excluding carboxylic acids is 1. The molecule has 0 aliphatic rings. The first-order chi connectivity index (χ1) is 9.79. The monoisotopic (exact) mass is 287 g/mol. The average molecular weight is 287 g/mol. The van der Waals surface area contributed by atoms with Crippen LogP contribution in [0.15, 0.2) is 22.6 Å². The molecular formula is C16H17NO4. The molecule has 5 nitrogen and oxygen atoms in total. The van der Waals surface area contributed by atoms with E-state index in [1.165, 1.54) is 6.07 Å². The Morgan fingerprint density at radius 1 is 1.00 bits per heavy atom. The van der Waals surface area contributed by atoms with Crippen molar-refractivity contribution in [2.45, 2.75) is 27.7 Å². The summed E-state index contributed by atoms with van der Waals surface area (Å²) in [5, 5.41) is 11.9. The van der Waals surface area contributed by atoms with E-state index in [4.69, 9.17) is 9.52 Å². The second-order valence-electron chi connectivity index (χ2n) is 5.07. The van der Waals surface area contributed by atoms with Crippen LogP contribution in [-0.4, -0.2) is 17.0 Å². The SMILES string of the molecule is Cc1cc(C(=O)Nc2cc(C(=O)O)c(C)cc2C)c(C)o1. The number of benzene rings is 1. The Hall–Kier alpha value is -2.56. The molecule has 0 saturated carbocycles. The summed E-state index contributed by atoms with van der Waals surface area (Å²) in [4.78, 5) is 23.4. The van der Waals surface area contributed by atoms with Gasteiger partial charge in [0, 0.05) is 5.69 Å². The first kappa shape index (κ1) is 14.8. The lowest BCUT2D eigenvalue weighted by atomic mass is 10.0. The number of amides is 1. The van der Waals surface area contributed by atoms with Gasteiger partial charge in [-0.05, 0) is 51.0 Å². The molecule has 1 aromatic carbocycles. The first-order valence-electron chi connectivity index (χ1n) is 6.52. The lowest BCUT2D eigenvalue weighted by Gasteiger charge is -2.11. The fraction of sp³-hybridized carbons (Fsp3) is 0.250. The van der Waals surface area contributed by atoms with Gasteiger partial charge in [-0.25, -0.2) is 4.79 Å². The van der Waals surface area contributed by atoms with Crippen LogP contribution in [0.4, 0.5) is 5.69 Å². The molecular weight excluding hydrogens is 270 g/mol. The van der Waals surface area contributed by atoms with Crippen molar-refractivity contribution in [3.63, 3.8) is 0 Å². The van der Waals surface area contributed by atoms with Crippen LogP contribution in [0.3, 0.4) is 0 Å². The van der Waals surface area contributed by atoms with E-state index in [2.05, 4.69) is 5.32 Å². The smallest absolute Gasteiger partial charge is 0.336 e. The quantitative estimate of drug-likeness (QED) is 0.906. The largest absolute Gasteiger partial charge is 0.478 e. The third kappa shape index (κ3) is 2.97. The molecule has 1 aromatic heterocycles. The molecule has 110 valence electrons. The van der Waals surface area contributed by atoms with Crippen molar-refractivity contribution < 1.29 is 19.1 Å². The molecule has 1 heterocycles. The number of rotatable bonds is 3. The summed E-state index contributed by atoms with van der Waals surface area (Å²) < 4.78 is 5.33. The zero-order valence-corrected chi connectivity index (χ0v) is 12.4. The summed E-state index contributed by atoms with van der Waals surface area (Å²) in [6, 6.07) is 4.88. The molecule has 0 spiro atoms. The summed E-state index contributed by atoms with van der Waals surface area (Å²) >= 11 is 0. The average Bonchev–Trinajstić information content (AvgIpc) is 2.71. The minimum Gasteiger partial charge on any atom is -0.478 e. The topological polar surface area (TPSA) is 79.5 Å². The lowest BCUT2D eigenvalue weighted by molar-refractivity contribution is 0.0695. The Kier molecular flexibility index (Phi) is 3.84. The maximum atomic E-state index is 12.2. The molecule has 0 unspecified atom stereocenters. The van der Waals surface area contributed by atoms with Gasteiger partial charge >= 0.3 is 5.97 Å². The van der Waals surface area contributed by atoms with E-state index in [9.17, 15) is 9.59 Å². The van der Waals surface area contributed by atoms with Crippen LogP contribution in [-0.2, 0) is 0 Å². The van der Waals surface area contributed by atoms with Gasteiger partial charge in [0.1, 0.15) is 11.5 Å². The summed E-state index contributed by atoms with van der Waals surface area (Å²) in [7, 11) is 0. The highest BCUT2D eigenvalue weighted by Crippen LogP contribution is 2.22. The van der Waals surface area contributed by atoms with Crippen LogP contribution in [0.25, 0.3) is 0 Å². The zero-order valence-electron chi connectivity index (χ0n) is 12.4. The predicted octanol–water partition coefficient (Wildman–Crippen LogP) is 3.46. The Balaban J connectivity index is 2.35. The molecule has 0 saturated heterocycles. The van der Waals surface area contributed by atoms with Gasteiger partial charge in [-0.3, -0.25) is 4.79 Å². The minimum absolute atomic E-state index is 0.177. The number of carbonyl (C=O) groups is 2. The second kappa shape index (κ2) is 5.44.